The lowest BCUT2D eigenvalue weighted by Gasteiger charge is -2.20. The minimum atomic E-state index is 0.833. The quantitative estimate of drug-likeness (QED) is 0.730. The lowest BCUT2D eigenvalue weighted by molar-refractivity contribution is 0.726. The van der Waals surface area contributed by atoms with E-state index in [4.69, 9.17) is 0 Å². The molecule has 0 atom stereocenters. The second kappa shape index (κ2) is 5.75. The van der Waals surface area contributed by atoms with E-state index >= 15 is 0 Å². The maximum Gasteiger partial charge on any atom is 0.130 e. The molecule has 0 spiro atoms. The first-order chi connectivity index (χ1) is 8.52. The van der Waals surface area contributed by atoms with E-state index in [2.05, 4.69) is 67.3 Å². The third-order valence-corrected chi connectivity index (χ3v) is 4.96. The summed E-state index contributed by atoms with van der Waals surface area (Å²) < 4.78 is 3.13. The van der Waals surface area contributed by atoms with Crippen molar-refractivity contribution in [2.45, 2.75) is 18.8 Å². The summed E-state index contributed by atoms with van der Waals surface area (Å²) in [6.45, 7) is 2.94. The van der Waals surface area contributed by atoms with Crippen LogP contribution >= 0.6 is 43.2 Å². The number of aromatic nitrogens is 2. The highest BCUT2D eigenvalue weighted by Gasteiger charge is 2.16. The van der Waals surface area contributed by atoms with Crippen molar-refractivity contribution < 1.29 is 0 Å². The van der Waals surface area contributed by atoms with Crippen LogP contribution in [0.2, 0.25) is 0 Å². The monoisotopic (exact) mass is 391 g/mol. The van der Waals surface area contributed by atoms with E-state index < -0.39 is 0 Å². The van der Waals surface area contributed by atoms with Gasteiger partial charge in [-0.1, -0.05) is 15.9 Å². The van der Waals surface area contributed by atoms with E-state index in [0.717, 1.165) is 17.6 Å². The average Bonchev–Trinajstić information content (AvgIpc) is 2.82. The third-order valence-electron chi connectivity index (χ3n) is 2.85. The largest absolute Gasteiger partial charge is 0.355 e. The topological polar surface area (TPSA) is 21.1 Å². The zero-order chi connectivity index (χ0) is 13.3. The van der Waals surface area contributed by atoms with Crippen molar-refractivity contribution >= 4 is 49.0 Å². The fourth-order valence-corrected chi connectivity index (χ4v) is 3.96. The van der Waals surface area contributed by atoms with E-state index in [0.29, 0.717) is 0 Å². The molecule has 2 heterocycles. The van der Waals surface area contributed by atoms with Crippen molar-refractivity contribution in [3.8, 4) is 0 Å². The van der Waals surface area contributed by atoms with Crippen molar-refractivity contribution in [2.24, 2.45) is 7.05 Å². The van der Waals surface area contributed by atoms with Crippen LogP contribution in [0.15, 0.2) is 15.2 Å². The van der Waals surface area contributed by atoms with E-state index in [-0.39, 0.29) is 0 Å². The standard InChI is InChI=1S/C12H15Br2N3S/c1-8-10(5-13)12(17(3)15-8)16(2)6-9-4-11(14)18-7-9/h4,7H,5-6H2,1-3H3. The van der Waals surface area contributed by atoms with Gasteiger partial charge in [0.2, 0.25) is 0 Å². The lowest BCUT2D eigenvalue weighted by Crippen LogP contribution is -2.20. The van der Waals surface area contributed by atoms with E-state index in [9.17, 15) is 0 Å². The van der Waals surface area contributed by atoms with Gasteiger partial charge in [0.1, 0.15) is 5.82 Å². The van der Waals surface area contributed by atoms with Gasteiger partial charge in [-0.2, -0.15) is 5.10 Å². The maximum atomic E-state index is 4.49. The fraction of sp³-hybridized carbons (Fsp3) is 0.417. The number of hydrogen-bond acceptors (Lipinski definition) is 3. The Hall–Kier alpha value is -0.330. The second-order valence-corrected chi connectivity index (χ2v) is 7.11. The van der Waals surface area contributed by atoms with Gasteiger partial charge in [-0.05, 0) is 39.9 Å². The van der Waals surface area contributed by atoms with Crippen molar-refractivity contribution in [1.82, 2.24) is 9.78 Å². The van der Waals surface area contributed by atoms with Gasteiger partial charge in [0, 0.05) is 31.5 Å². The molecule has 0 N–H and O–H groups in total. The maximum absolute atomic E-state index is 4.49. The van der Waals surface area contributed by atoms with Crippen LogP contribution in [0.25, 0.3) is 0 Å². The molecule has 0 aliphatic heterocycles. The second-order valence-electron chi connectivity index (χ2n) is 4.26. The molecule has 6 heteroatoms. The number of aryl methyl sites for hydroxylation is 2. The van der Waals surface area contributed by atoms with Gasteiger partial charge >= 0.3 is 0 Å². The van der Waals surface area contributed by atoms with Crippen molar-refractivity contribution in [3.05, 3.63) is 32.1 Å². The highest BCUT2D eigenvalue weighted by molar-refractivity contribution is 9.11. The summed E-state index contributed by atoms with van der Waals surface area (Å²) in [5.74, 6) is 1.17. The molecule has 2 aromatic rings. The Kier molecular flexibility index (Phi) is 4.50. The third kappa shape index (κ3) is 2.81. The summed E-state index contributed by atoms with van der Waals surface area (Å²) in [7, 11) is 4.10. The molecule has 0 aliphatic carbocycles. The molecule has 98 valence electrons. The Morgan fingerprint density at radius 1 is 1.50 bits per heavy atom. The normalized spacial score (nSPS) is 10.9. The average molecular weight is 393 g/mol. The number of thiophene rings is 1. The van der Waals surface area contributed by atoms with Crippen LogP contribution < -0.4 is 4.90 Å². The van der Waals surface area contributed by atoms with Crippen molar-refractivity contribution in [3.63, 3.8) is 0 Å². The minimum absolute atomic E-state index is 0.833. The number of halogens is 2. The molecule has 2 aromatic heterocycles. The Bertz CT molecular complexity index is 548. The van der Waals surface area contributed by atoms with Gasteiger partial charge in [-0.3, -0.25) is 4.68 Å². The summed E-state index contributed by atoms with van der Waals surface area (Å²) >= 11 is 8.76. The zero-order valence-electron chi connectivity index (χ0n) is 10.6. The lowest BCUT2D eigenvalue weighted by atomic mass is 10.2. The summed E-state index contributed by atoms with van der Waals surface area (Å²) in [6, 6.07) is 2.16. The number of hydrogen-bond donors (Lipinski definition) is 0. The van der Waals surface area contributed by atoms with Crippen LogP contribution in [-0.2, 0) is 18.9 Å². The summed E-state index contributed by atoms with van der Waals surface area (Å²) in [5.41, 5.74) is 3.66. The smallest absolute Gasteiger partial charge is 0.130 e. The molecular weight excluding hydrogens is 378 g/mol. The van der Waals surface area contributed by atoms with E-state index in [1.165, 1.54) is 20.7 Å². The number of nitrogens with zero attached hydrogens (tertiary/aromatic N) is 3. The Morgan fingerprint density at radius 2 is 2.22 bits per heavy atom. The van der Waals surface area contributed by atoms with Gasteiger partial charge < -0.3 is 4.90 Å². The molecule has 0 bridgehead atoms. The predicted molar refractivity (Wildman–Crippen MR) is 84.7 cm³/mol. The molecule has 0 saturated heterocycles. The van der Waals surface area contributed by atoms with Crippen LogP contribution in [0, 0.1) is 6.92 Å². The highest BCUT2D eigenvalue weighted by atomic mass is 79.9. The number of rotatable bonds is 4. The summed E-state index contributed by atoms with van der Waals surface area (Å²) in [4.78, 5) is 2.24. The van der Waals surface area contributed by atoms with Crippen LogP contribution in [0.1, 0.15) is 16.8 Å². The van der Waals surface area contributed by atoms with Crippen molar-refractivity contribution in [1.29, 1.82) is 0 Å². The molecule has 0 aliphatic rings. The number of alkyl halides is 1. The summed E-state index contributed by atoms with van der Waals surface area (Å²) in [6.07, 6.45) is 0. The molecular formula is C12H15Br2N3S. The molecule has 18 heavy (non-hydrogen) atoms. The van der Waals surface area contributed by atoms with Gasteiger partial charge in [-0.25, -0.2) is 0 Å². The van der Waals surface area contributed by atoms with Crippen LogP contribution in [0.4, 0.5) is 5.82 Å². The van der Waals surface area contributed by atoms with Gasteiger partial charge in [-0.15, -0.1) is 11.3 Å². The zero-order valence-corrected chi connectivity index (χ0v) is 14.6. The van der Waals surface area contributed by atoms with Crippen LogP contribution in [0.3, 0.4) is 0 Å². The van der Waals surface area contributed by atoms with Gasteiger partial charge in [0.25, 0.3) is 0 Å². The van der Waals surface area contributed by atoms with Crippen LogP contribution in [0.5, 0.6) is 0 Å². The molecule has 2 rings (SSSR count). The van der Waals surface area contributed by atoms with Crippen LogP contribution in [-0.4, -0.2) is 16.8 Å². The molecule has 0 saturated carbocycles. The molecule has 0 amide bonds. The summed E-state index contributed by atoms with van der Waals surface area (Å²) in [5, 5.41) is 7.50. The Morgan fingerprint density at radius 3 is 2.78 bits per heavy atom. The molecule has 0 aromatic carbocycles. The fourth-order valence-electron chi connectivity index (χ4n) is 2.10. The minimum Gasteiger partial charge on any atom is -0.355 e. The Labute approximate surface area is 128 Å². The first kappa shape index (κ1) is 14.1. The van der Waals surface area contributed by atoms with E-state index in [1.807, 2.05) is 11.7 Å². The van der Waals surface area contributed by atoms with Gasteiger partial charge in [0.05, 0.1) is 9.48 Å². The van der Waals surface area contributed by atoms with Gasteiger partial charge in [0.15, 0.2) is 0 Å². The Balaban J connectivity index is 2.25. The molecule has 0 radical (unpaired) electrons. The first-order valence-corrected chi connectivity index (χ1v) is 8.34. The highest BCUT2D eigenvalue weighted by Crippen LogP contribution is 2.27. The molecule has 0 unspecified atom stereocenters. The SMILES string of the molecule is Cc1nn(C)c(N(C)Cc2csc(Br)c2)c1CBr. The van der Waals surface area contributed by atoms with Crippen molar-refractivity contribution in [2.75, 3.05) is 11.9 Å². The molecule has 0 fully saturated rings. The first-order valence-electron chi connectivity index (χ1n) is 5.55. The molecule has 3 nitrogen and oxygen atoms in total. The number of anilines is 1. The predicted octanol–water partition coefficient (Wildman–Crippen LogP) is 4.08. The van der Waals surface area contributed by atoms with E-state index in [1.54, 1.807) is 11.3 Å².